The zero-order chi connectivity index (χ0) is 28.1. The number of nitrogens with one attached hydrogen (secondary N) is 1. The highest BCUT2D eigenvalue weighted by molar-refractivity contribution is 5.70. The van der Waals surface area contributed by atoms with Gasteiger partial charge >= 0.3 is 17.9 Å². The molecule has 0 aromatic carbocycles. The summed E-state index contributed by atoms with van der Waals surface area (Å²) < 4.78 is 18.5. The summed E-state index contributed by atoms with van der Waals surface area (Å²) in [6.07, 6.45) is 8.73. The van der Waals surface area contributed by atoms with Crippen molar-refractivity contribution in [2.75, 3.05) is 6.54 Å². The Labute approximate surface area is 234 Å². The van der Waals surface area contributed by atoms with Gasteiger partial charge in [0, 0.05) is 37.6 Å². The van der Waals surface area contributed by atoms with Gasteiger partial charge in [-0.05, 0) is 92.9 Å². The van der Waals surface area contributed by atoms with Crippen molar-refractivity contribution in [1.29, 1.82) is 0 Å². The third-order valence-electron chi connectivity index (χ3n) is 12.1. The molecule has 0 amide bonds. The third kappa shape index (κ3) is 4.93. The highest BCUT2D eigenvalue weighted by atomic mass is 16.6. The number of carbonyl (C=O) groups is 3. The van der Waals surface area contributed by atoms with Gasteiger partial charge in [0.05, 0.1) is 0 Å². The van der Waals surface area contributed by atoms with Crippen LogP contribution in [0.4, 0.5) is 0 Å². The van der Waals surface area contributed by atoms with Crippen molar-refractivity contribution in [3.8, 4) is 0 Å². The minimum atomic E-state index is -0.228. The lowest BCUT2D eigenvalue weighted by Gasteiger charge is -2.67. The van der Waals surface area contributed by atoms with Gasteiger partial charge in [0.15, 0.2) is 0 Å². The Morgan fingerprint density at radius 2 is 1.74 bits per heavy atom. The van der Waals surface area contributed by atoms with Crippen LogP contribution in [0.25, 0.3) is 0 Å². The molecule has 5 aliphatic rings. The van der Waals surface area contributed by atoms with Crippen molar-refractivity contribution in [3.05, 3.63) is 0 Å². The van der Waals surface area contributed by atoms with E-state index in [0.29, 0.717) is 24.2 Å². The van der Waals surface area contributed by atoms with Crippen LogP contribution in [0.1, 0.15) is 106 Å². The first-order valence-electron chi connectivity index (χ1n) is 15.8. The molecule has 39 heavy (non-hydrogen) atoms. The summed E-state index contributed by atoms with van der Waals surface area (Å²) in [4.78, 5) is 37.5. The number of hydrogen-bond donors (Lipinski definition) is 1. The zero-order valence-electron chi connectivity index (χ0n) is 25.0. The van der Waals surface area contributed by atoms with Crippen LogP contribution < -0.4 is 5.32 Å². The highest BCUT2D eigenvalue weighted by Gasteiger charge is 2.71. The summed E-state index contributed by atoms with van der Waals surface area (Å²) in [6, 6.07) is 0.00813. The minimum Gasteiger partial charge on any atom is -0.463 e. The van der Waals surface area contributed by atoms with Crippen LogP contribution in [0.2, 0.25) is 0 Å². The van der Waals surface area contributed by atoms with Gasteiger partial charge in [-0.25, -0.2) is 0 Å². The molecule has 1 aliphatic heterocycles. The molecule has 5 fully saturated rings. The van der Waals surface area contributed by atoms with Gasteiger partial charge in [-0.15, -0.1) is 0 Å². The number of carbonyl (C=O) groups excluding carboxylic acids is 3. The zero-order valence-corrected chi connectivity index (χ0v) is 25.0. The van der Waals surface area contributed by atoms with Gasteiger partial charge in [0.2, 0.25) is 0 Å². The average Bonchev–Trinajstić information content (AvgIpc) is 3.21. The molecule has 0 unspecified atom stereocenters. The van der Waals surface area contributed by atoms with Crippen LogP contribution in [0.5, 0.6) is 0 Å². The molecule has 7 nitrogen and oxygen atoms in total. The Morgan fingerprint density at radius 3 is 2.44 bits per heavy atom. The number of unbranched alkanes of at least 4 members (excludes halogenated alkanes) is 1. The Kier molecular flexibility index (Phi) is 8.13. The van der Waals surface area contributed by atoms with Gasteiger partial charge < -0.3 is 19.5 Å². The van der Waals surface area contributed by atoms with E-state index in [1.165, 1.54) is 13.8 Å². The van der Waals surface area contributed by atoms with Crippen molar-refractivity contribution >= 4 is 17.9 Å². The molecule has 220 valence electrons. The molecule has 4 aliphatic carbocycles. The first-order valence-corrected chi connectivity index (χ1v) is 15.8. The first kappa shape index (κ1) is 28.9. The Balaban J connectivity index is 1.61. The van der Waals surface area contributed by atoms with Gasteiger partial charge in [-0.2, -0.15) is 0 Å². The fourth-order valence-corrected chi connectivity index (χ4v) is 10.5. The summed E-state index contributed by atoms with van der Waals surface area (Å²) in [7, 11) is 0. The number of rotatable bonds is 6. The Hall–Kier alpha value is -1.63. The molecule has 0 spiro atoms. The van der Waals surface area contributed by atoms with Gasteiger partial charge in [0.1, 0.15) is 18.3 Å². The lowest BCUT2D eigenvalue weighted by atomic mass is 9.41. The fraction of sp³-hybridized carbons (Fsp3) is 0.906. The van der Waals surface area contributed by atoms with Gasteiger partial charge in [-0.1, -0.05) is 34.1 Å². The molecule has 0 radical (unpaired) electrons. The molecule has 4 saturated carbocycles. The Bertz CT molecular complexity index is 953. The summed E-state index contributed by atoms with van der Waals surface area (Å²) in [5, 5.41) is 3.97. The standard InChI is InChI=1S/C32H51NO6/c1-7-8-15-33-29-28-27(24-11-10-23-18(2)9-12-26(36)39-30(29)32(23,24)6)25(38-20(4)35)17-21-16-22(37-19(3)34)13-14-31(21,28)5/h18,21-25,27-30,33H,7-17H2,1-6H3/t18-,21+,22-,23-,24+,25-,27-,28-,29-,30+,31+,32-/m1/s1. The average molecular weight is 546 g/mol. The number of fused-ring (bicyclic) bond motifs is 4. The molecular formula is C32H51NO6. The molecule has 0 bridgehead atoms. The van der Waals surface area contributed by atoms with Gasteiger partial charge in [-0.3, -0.25) is 14.4 Å². The molecule has 7 heteroatoms. The van der Waals surface area contributed by atoms with Crippen LogP contribution in [0.3, 0.4) is 0 Å². The van der Waals surface area contributed by atoms with Crippen molar-refractivity contribution in [2.45, 2.75) is 130 Å². The molecule has 0 aromatic heterocycles. The summed E-state index contributed by atoms with van der Waals surface area (Å²) in [5.41, 5.74) is -0.182. The second-order valence-electron chi connectivity index (χ2n) is 14.1. The van der Waals surface area contributed by atoms with E-state index in [2.05, 4.69) is 33.0 Å². The second kappa shape index (κ2) is 11.0. The van der Waals surface area contributed by atoms with Crippen LogP contribution in [0.15, 0.2) is 0 Å². The number of esters is 3. The van der Waals surface area contributed by atoms with Crippen molar-refractivity contribution in [3.63, 3.8) is 0 Å². The van der Waals surface area contributed by atoms with E-state index < -0.39 is 0 Å². The minimum absolute atomic E-state index is 0.00813. The van der Waals surface area contributed by atoms with E-state index >= 15 is 0 Å². The number of ether oxygens (including phenoxy) is 3. The maximum atomic E-state index is 13.2. The molecule has 5 rings (SSSR count). The number of hydrogen-bond acceptors (Lipinski definition) is 7. The molecular weight excluding hydrogens is 494 g/mol. The van der Waals surface area contributed by atoms with Crippen molar-refractivity contribution < 1.29 is 28.6 Å². The second-order valence-corrected chi connectivity index (χ2v) is 14.1. The predicted molar refractivity (Wildman–Crippen MR) is 147 cm³/mol. The van der Waals surface area contributed by atoms with E-state index in [0.717, 1.165) is 64.3 Å². The lowest BCUT2D eigenvalue weighted by Crippen LogP contribution is -2.72. The van der Waals surface area contributed by atoms with E-state index in [4.69, 9.17) is 14.2 Å². The monoisotopic (exact) mass is 545 g/mol. The summed E-state index contributed by atoms with van der Waals surface area (Å²) in [5.74, 6) is 1.46. The van der Waals surface area contributed by atoms with Crippen molar-refractivity contribution in [2.24, 2.45) is 46.3 Å². The summed E-state index contributed by atoms with van der Waals surface area (Å²) >= 11 is 0. The largest absolute Gasteiger partial charge is 0.463 e. The summed E-state index contributed by atoms with van der Waals surface area (Å²) in [6.45, 7) is 13.3. The van der Waals surface area contributed by atoms with Crippen LogP contribution in [-0.4, -0.2) is 48.8 Å². The van der Waals surface area contributed by atoms with E-state index in [9.17, 15) is 14.4 Å². The normalized spacial score (nSPS) is 47.0. The maximum absolute atomic E-state index is 13.2. The van der Waals surface area contributed by atoms with Gasteiger partial charge in [0.25, 0.3) is 0 Å². The Morgan fingerprint density at radius 1 is 1.03 bits per heavy atom. The van der Waals surface area contributed by atoms with Crippen LogP contribution in [0, 0.1) is 46.3 Å². The molecule has 1 N–H and O–H groups in total. The van der Waals surface area contributed by atoms with Crippen molar-refractivity contribution in [1.82, 2.24) is 5.32 Å². The topological polar surface area (TPSA) is 90.9 Å². The van der Waals surface area contributed by atoms with E-state index in [1.54, 1.807) is 0 Å². The smallest absolute Gasteiger partial charge is 0.306 e. The van der Waals surface area contributed by atoms with Crippen LogP contribution in [-0.2, 0) is 28.6 Å². The van der Waals surface area contributed by atoms with E-state index in [1.807, 2.05) is 0 Å². The first-order chi connectivity index (χ1) is 18.5. The lowest BCUT2D eigenvalue weighted by molar-refractivity contribution is -0.238. The molecule has 12 atom stereocenters. The quantitative estimate of drug-likeness (QED) is 0.270. The van der Waals surface area contributed by atoms with Crippen LogP contribution >= 0.6 is 0 Å². The molecule has 1 saturated heterocycles. The molecule has 0 aromatic rings. The van der Waals surface area contributed by atoms with E-state index in [-0.39, 0.29) is 70.8 Å². The molecule has 1 heterocycles. The predicted octanol–water partition coefficient (Wildman–Crippen LogP) is 5.44. The fourth-order valence-electron chi connectivity index (χ4n) is 10.5. The maximum Gasteiger partial charge on any atom is 0.306 e. The SMILES string of the molecule is CCCCN[C@@H]1[C@H]2[C@@H]([C@H](OC(C)=O)C[C@@H]3C[C@H](OC(C)=O)CC[C@@]32C)[C@@H]2CC[C@@H]3[C@H](C)CCC(=O)O[C@@H]1[C@]32C. The highest BCUT2D eigenvalue weighted by Crippen LogP contribution is 2.69. The third-order valence-corrected chi connectivity index (χ3v) is 12.1.